The van der Waals surface area contributed by atoms with Crippen LogP contribution in [-0.4, -0.2) is 33.0 Å². The smallest absolute Gasteiger partial charge is 0.237 e. The van der Waals surface area contributed by atoms with Crippen molar-refractivity contribution in [2.45, 2.75) is 50.2 Å². The average molecular weight is 477 g/mol. The summed E-state index contributed by atoms with van der Waals surface area (Å²) < 4.78 is 40.1. The third kappa shape index (κ3) is 6.01. The Labute approximate surface area is 195 Å². The molecule has 0 bridgehead atoms. The number of hydrogen-bond acceptors (Lipinski definition) is 6. The summed E-state index contributed by atoms with van der Waals surface area (Å²) in [5.41, 5.74) is -0.0821. The Bertz CT molecular complexity index is 1110. The quantitative estimate of drug-likeness (QED) is 0.417. The van der Waals surface area contributed by atoms with Crippen molar-refractivity contribution in [1.29, 1.82) is 0 Å². The summed E-state index contributed by atoms with van der Waals surface area (Å²) in [5.74, 6) is 0.0132. The predicted molar refractivity (Wildman–Crippen MR) is 123 cm³/mol. The maximum Gasteiger partial charge on any atom is 0.237 e. The maximum absolute atomic E-state index is 13.9. The Morgan fingerprint density at radius 1 is 1.03 bits per heavy atom. The van der Waals surface area contributed by atoms with Crippen LogP contribution in [0.25, 0.3) is 0 Å². The van der Waals surface area contributed by atoms with Gasteiger partial charge in [0, 0.05) is 12.1 Å². The van der Waals surface area contributed by atoms with E-state index in [9.17, 15) is 13.6 Å². The second-order valence-electron chi connectivity index (χ2n) is 7.61. The van der Waals surface area contributed by atoms with E-state index in [1.807, 2.05) is 37.5 Å². The van der Waals surface area contributed by atoms with Gasteiger partial charge in [0.15, 0.2) is 17.1 Å². The molecule has 0 fully saturated rings. The number of amides is 1. The van der Waals surface area contributed by atoms with Gasteiger partial charge in [0.2, 0.25) is 5.91 Å². The first kappa shape index (κ1) is 24.5. The molecule has 0 spiro atoms. The Balaban J connectivity index is 1.73. The molecule has 1 aromatic heterocycles. The lowest BCUT2D eigenvalue weighted by molar-refractivity contribution is -0.115. The summed E-state index contributed by atoms with van der Waals surface area (Å²) in [7, 11) is 1.60. The number of carbonyl (C=O) groups is 1. The Hall–Kier alpha value is -3.14. The van der Waals surface area contributed by atoms with Crippen LogP contribution in [0.15, 0.2) is 47.6 Å². The standard InChI is InChI=1S/C23H26F2N4O3S/c1-13(2)29-21(14(3)32-18-9-7-17(31-5)8-10-18)27-28-23(29)33-15(4)22(30)26-20-11-6-16(24)12-19(20)25/h6-15H,1-5H3,(H,26,30). The molecule has 1 heterocycles. The van der Waals surface area contributed by atoms with Gasteiger partial charge >= 0.3 is 0 Å². The molecule has 0 saturated heterocycles. The molecule has 2 unspecified atom stereocenters. The fourth-order valence-electron chi connectivity index (χ4n) is 3.08. The van der Waals surface area contributed by atoms with Crippen molar-refractivity contribution >= 4 is 23.4 Å². The zero-order valence-corrected chi connectivity index (χ0v) is 19.8. The van der Waals surface area contributed by atoms with Crippen LogP contribution in [0.3, 0.4) is 0 Å². The molecule has 0 aliphatic carbocycles. The van der Waals surface area contributed by atoms with Crippen molar-refractivity contribution in [2.75, 3.05) is 12.4 Å². The summed E-state index contributed by atoms with van der Waals surface area (Å²) in [6.45, 7) is 7.51. The Kier molecular flexibility index (Phi) is 7.91. The van der Waals surface area contributed by atoms with Crippen LogP contribution in [0.4, 0.5) is 14.5 Å². The van der Waals surface area contributed by atoms with Crippen molar-refractivity contribution in [3.8, 4) is 11.5 Å². The highest BCUT2D eigenvalue weighted by Gasteiger charge is 2.25. The Morgan fingerprint density at radius 3 is 2.30 bits per heavy atom. The maximum atomic E-state index is 13.9. The van der Waals surface area contributed by atoms with Crippen molar-refractivity contribution in [1.82, 2.24) is 14.8 Å². The summed E-state index contributed by atoms with van der Waals surface area (Å²) >= 11 is 1.19. The monoisotopic (exact) mass is 476 g/mol. The van der Waals surface area contributed by atoms with E-state index in [0.717, 1.165) is 17.9 Å². The number of anilines is 1. The van der Waals surface area contributed by atoms with Gasteiger partial charge in [-0.15, -0.1) is 10.2 Å². The van der Waals surface area contributed by atoms with Gasteiger partial charge in [-0.05, 0) is 64.1 Å². The van der Waals surface area contributed by atoms with E-state index in [-0.39, 0.29) is 11.7 Å². The first-order valence-electron chi connectivity index (χ1n) is 10.4. The minimum Gasteiger partial charge on any atom is -0.497 e. The van der Waals surface area contributed by atoms with Crippen LogP contribution in [-0.2, 0) is 4.79 Å². The van der Waals surface area contributed by atoms with Crippen LogP contribution in [0.5, 0.6) is 11.5 Å². The zero-order valence-electron chi connectivity index (χ0n) is 19.0. The molecule has 1 N–H and O–H groups in total. The lowest BCUT2D eigenvalue weighted by Gasteiger charge is -2.20. The van der Waals surface area contributed by atoms with Gasteiger partial charge in [-0.3, -0.25) is 4.79 Å². The Morgan fingerprint density at radius 2 is 1.70 bits per heavy atom. The zero-order chi connectivity index (χ0) is 24.1. The molecule has 3 rings (SSSR count). The van der Waals surface area contributed by atoms with Gasteiger partial charge < -0.3 is 19.4 Å². The third-order valence-corrected chi connectivity index (χ3v) is 5.84. The van der Waals surface area contributed by atoms with E-state index in [4.69, 9.17) is 9.47 Å². The molecule has 1 amide bonds. The highest BCUT2D eigenvalue weighted by molar-refractivity contribution is 8.00. The van der Waals surface area contributed by atoms with Crippen molar-refractivity contribution in [3.05, 3.63) is 59.9 Å². The number of methoxy groups -OCH3 is 1. The number of carbonyl (C=O) groups excluding carboxylic acids is 1. The number of thioether (sulfide) groups is 1. The lowest BCUT2D eigenvalue weighted by atomic mass is 10.3. The third-order valence-electron chi connectivity index (χ3n) is 4.78. The van der Waals surface area contributed by atoms with E-state index < -0.39 is 28.9 Å². The molecule has 176 valence electrons. The van der Waals surface area contributed by atoms with Gasteiger partial charge in [-0.1, -0.05) is 11.8 Å². The number of halogens is 2. The molecule has 0 saturated carbocycles. The summed E-state index contributed by atoms with van der Waals surface area (Å²) in [6, 6.07) is 10.2. The highest BCUT2D eigenvalue weighted by atomic mass is 32.2. The fourth-order valence-corrected chi connectivity index (χ4v) is 4.07. The minimum absolute atomic E-state index is 0.00391. The van der Waals surface area contributed by atoms with Crippen molar-refractivity contribution in [3.63, 3.8) is 0 Å². The van der Waals surface area contributed by atoms with Crippen LogP contribution >= 0.6 is 11.8 Å². The van der Waals surface area contributed by atoms with Gasteiger partial charge in [-0.25, -0.2) is 8.78 Å². The predicted octanol–water partition coefficient (Wildman–Crippen LogP) is 5.41. The topological polar surface area (TPSA) is 78.3 Å². The number of rotatable bonds is 9. The summed E-state index contributed by atoms with van der Waals surface area (Å²) in [4.78, 5) is 12.6. The molecular weight excluding hydrogens is 450 g/mol. The van der Waals surface area contributed by atoms with Crippen molar-refractivity contribution < 1.29 is 23.0 Å². The largest absolute Gasteiger partial charge is 0.497 e. The van der Waals surface area contributed by atoms with Crippen LogP contribution in [0.1, 0.15) is 45.7 Å². The second-order valence-corrected chi connectivity index (χ2v) is 8.92. The van der Waals surface area contributed by atoms with Crippen LogP contribution in [0.2, 0.25) is 0 Å². The van der Waals surface area contributed by atoms with Gasteiger partial charge in [-0.2, -0.15) is 0 Å². The first-order chi connectivity index (χ1) is 15.7. The molecule has 0 aliphatic heterocycles. The van der Waals surface area contributed by atoms with E-state index in [2.05, 4.69) is 15.5 Å². The number of benzene rings is 2. The van der Waals surface area contributed by atoms with E-state index >= 15 is 0 Å². The molecule has 2 aromatic carbocycles. The number of aromatic nitrogens is 3. The van der Waals surface area contributed by atoms with E-state index in [1.54, 1.807) is 26.2 Å². The number of nitrogens with zero attached hydrogens (tertiary/aromatic N) is 3. The van der Waals surface area contributed by atoms with Gasteiger partial charge in [0.1, 0.15) is 23.1 Å². The second kappa shape index (κ2) is 10.7. The van der Waals surface area contributed by atoms with Gasteiger partial charge in [0.05, 0.1) is 18.0 Å². The highest BCUT2D eigenvalue weighted by Crippen LogP contribution is 2.30. The van der Waals surface area contributed by atoms with Crippen molar-refractivity contribution in [2.24, 2.45) is 0 Å². The van der Waals surface area contributed by atoms with Crippen LogP contribution in [0, 0.1) is 11.6 Å². The first-order valence-corrected chi connectivity index (χ1v) is 11.3. The molecule has 33 heavy (non-hydrogen) atoms. The lowest BCUT2D eigenvalue weighted by Crippen LogP contribution is -2.24. The molecule has 3 aromatic rings. The van der Waals surface area contributed by atoms with Gasteiger partial charge in [0.25, 0.3) is 0 Å². The molecule has 10 heteroatoms. The number of nitrogens with one attached hydrogen (secondary N) is 1. The summed E-state index contributed by atoms with van der Waals surface area (Å²) in [5, 5.41) is 11.0. The molecule has 0 radical (unpaired) electrons. The number of hydrogen-bond donors (Lipinski definition) is 1. The normalized spacial score (nSPS) is 13.0. The number of ether oxygens (including phenoxy) is 2. The molecule has 0 aliphatic rings. The van der Waals surface area contributed by atoms with E-state index in [1.165, 1.54) is 17.8 Å². The minimum atomic E-state index is -0.835. The van der Waals surface area contributed by atoms with Crippen LogP contribution < -0.4 is 14.8 Å². The average Bonchev–Trinajstić information content (AvgIpc) is 3.20. The fraction of sp³-hybridized carbons (Fsp3) is 0.348. The van der Waals surface area contributed by atoms with E-state index in [0.29, 0.717) is 16.7 Å². The SMILES string of the molecule is COc1ccc(OC(C)c2nnc(SC(C)C(=O)Nc3ccc(F)cc3F)n2C(C)C)cc1. The summed E-state index contributed by atoms with van der Waals surface area (Å²) in [6.07, 6.45) is -0.403. The molecule has 7 nitrogen and oxygen atoms in total. The molecule has 2 atom stereocenters. The molecular formula is C23H26F2N4O3S.